The Bertz CT molecular complexity index is 907. The summed E-state index contributed by atoms with van der Waals surface area (Å²) in [6.45, 7) is 0. The number of imide groups is 2. The quantitative estimate of drug-likeness (QED) is 0.631. The fourth-order valence-electron chi connectivity index (χ4n) is 2.74. The lowest BCUT2D eigenvalue weighted by molar-refractivity contribution is -0.134. The fraction of sp³-hybridized carbons (Fsp3) is 0.167. The molecular formula is C18H14Br2N2O5. The minimum absolute atomic E-state index is 0.0215. The Morgan fingerprint density at radius 3 is 2.26 bits per heavy atom. The average Bonchev–Trinajstić information content (AvgIpc) is 2.63. The van der Waals surface area contributed by atoms with Gasteiger partial charge in [-0.05, 0) is 80.2 Å². The summed E-state index contributed by atoms with van der Waals surface area (Å²) in [5, 5.41) is 12.0. The summed E-state index contributed by atoms with van der Waals surface area (Å²) in [7, 11) is 1.51. The van der Waals surface area contributed by atoms with E-state index in [2.05, 4.69) is 37.2 Å². The van der Waals surface area contributed by atoms with E-state index < -0.39 is 23.8 Å². The standard InChI is InChI=1S/C18H14Br2N2O5/c1-27-11-4-2-10(3-5-11)22-17(25)12(16(24)21-18(22)26)6-9-7-13(19)15(23)14(20)8-9/h2-5,7-8,12,23H,6H2,1H3,(H,21,24,26). The van der Waals surface area contributed by atoms with Crippen molar-refractivity contribution in [1.29, 1.82) is 0 Å². The van der Waals surface area contributed by atoms with Crippen molar-refractivity contribution in [3.63, 3.8) is 0 Å². The Kier molecular flexibility index (Phi) is 5.52. The number of methoxy groups -OCH3 is 1. The number of ether oxygens (including phenoxy) is 1. The number of hydrogen-bond donors (Lipinski definition) is 2. The number of carbonyl (C=O) groups excluding carboxylic acids is 3. The first-order chi connectivity index (χ1) is 12.8. The average molecular weight is 498 g/mol. The number of carbonyl (C=O) groups is 3. The van der Waals surface area contributed by atoms with Gasteiger partial charge in [-0.25, -0.2) is 9.69 Å². The van der Waals surface area contributed by atoms with Crippen LogP contribution < -0.4 is 15.0 Å². The number of nitrogens with one attached hydrogen (secondary N) is 1. The van der Waals surface area contributed by atoms with Gasteiger partial charge in [-0.1, -0.05) is 0 Å². The third-order valence-corrected chi connectivity index (χ3v) is 5.32. The molecule has 7 nitrogen and oxygen atoms in total. The van der Waals surface area contributed by atoms with Crippen molar-refractivity contribution < 1.29 is 24.2 Å². The number of barbiturate groups is 1. The third kappa shape index (κ3) is 3.84. The van der Waals surface area contributed by atoms with Gasteiger partial charge in [0, 0.05) is 0 Å². The molecule has 140 valence electrons. The van der Waals surface area contributed by atoms with Crippen LogP contribution in [-0.2, 0) is 16.0 Å². The highest BCUT2D eigenvalue weighted by Crippen LogP contribution is 2.34. The number of aromatic hydroxyl groups is 1. The highest BCUT2D eigenvalue weighted by molar-refractivity contribution is 9.11. The molecule has 1 fully saturated rings. The lowest BCUT2D eigenvalue weighted by Gasteiger charge is -2.30. The Balaban J connectivity index is 1.90. The van der Waals surface area contributed by atoms with Gasteiger partial charge in [0.1, 0.15) is 17.4 Å². The second-order valence-corrected chi connectivity index (χ2v) is 7.54. The van der Waals surface area contributed by atoms with Gasteiger partial charge in [0.05, 0.1) is 21.7 Å². The number of phenols is 1. The summed E-state index contributed by atoms with van der Waals surface area (Å²) in [4.78, 5) is 38.3. The summed E-state index contributed by atoms with van der Waals surface area (Å²) in [5.74, 6) is -1.75. The maximum Gasteiger partial charge on any atom is 0.335 e. The van der Waals surface area contributed by atoms with Crippen molar-refractivity contribution in [1.82, 2.24) is 5.32 Å². The molecule has 1 aliphatic rings. The Hall–Kier alpha value is -2.39. The molecule has 0 aromatic heterocycles. The Labute approximate surface area is 171 Å². The first kappa shape index (κ1) is 19.4. The molecule has 9 heteroatoms. The summed E-state index contributed by atoms with van der Waals surface area (Å²) in [6, 6.07) is 8.82. The molecule has 3 rings (SSSR count). The summed E-state index contributed by atoms with van der Waals surface area (Å²) < 4.78 is 5.93. The van der Waals surface area contributed by atoms with Gasteiger partial charge in [-0.15, -0.1) is 0 Å². The summed E-state index contributed by atoms with van der Waals surface area (Å²) >= 11 is 6.44. The van der Waals surface area contributed by atoms with E-state index in [0.717, 1.165) is 4.90 Å². The van der Waals surface area contributed by atoms with Crippen LogP contribution in [0.25, 0.3) is 0 Å². The van der Waals surface area contributed by atoms with Gasteiger partial charge in [0.15, 0.2) is 0 Å². The number of urea groups is 1. The molecule has 0 bridgehead atoms. The molecule has 1 unspecified atom stereocenters. The topological polar surface area (TPSA) is 95.9 Å². The smallest absolute Gasteiger partial charge is 0.335 e. The van der Waals surface area contributed by atoms with Crippen LogP contribution in [0.1, 0.15) is 5.56 Å². The molecule has 1 saturated heterocycles. The number of nitrogens with zero attached hydrogens (tertiary/aromatic N) is 1. The molecule has 0 spiro atoms. The number of amides is 4. The van der Waals surface area contributed by atoms with Crippen LogP contribution >= 0.6 is 31.9 Å². The van der Waals surface area contributed by atoms with Gasteiger partial charge in [0.25, 0.3) is 0 Å². The number of hydrogen-bond acceptors (Lipinski definition) is 5. The Morgan fingerprint density at radius 1 is 1.11 bits per heavy atom. The molecule has 27 heavy (non-hydrogen) atoms. The van der Waals surface area contributed by atoms with Gasteiger partial charge in [-0.3, -0.25) is 14.9 Å². The molecule has 1 aliphatic heterocycles. The molecule has 0 radical (unpaired) electrons. The van der Waals surface area contributed by atoms with Crippen LogP contribution in [0.4, 0.5) is 10.5 Å². The zero-order chi connectivity index (χ0) is 19.7. The van der Waals surface area contributed by atoms with Crippen LogP contribution in [-0.4, -0.2) is 30.1 Å². The molecule has 2 aromatic rings. The van der Waals surface area contributed by atoms with Crippen molar-refractivity contribution >= 4 is 55.4 Å². The highest BCUT2D eigenvalue weighted by atomic mass is 79.9. The molecule has 1 atom stereocenters. The molecule has 1 heterocycles. The van der Waals surface area contributed by atoms with Gasteiger partial charge in [0.2, 0.25) is 11.8 Å². The van der Waals surface area contributed by atoms with Gasteiger partial charge in [-0.2, -0.15) is 0 Å². The maximum atomic E-state index is 12.9. The van der Waals surface area contributed by atoms with Crippen LogP contribution in [0.3, 0.4) is 0 Å². The number of halogens is 2. The molecule has 2 N–H and O–H groups in total. The van der Waals surface area contributed by atoms with Crippen molar-refractivity contribution in [2.24, 2.45) is 5.92 Å². The number of anilines is 1. The molecule has 0 aliphatic carbocycles. The minimum Gasteiger partial charge on any atom is -0.506 e. The Morgan fingerprint density at radius 2 is 1.70 bits per heavy atom. The van der Waals surface area contributed by atoms with Crippen LogP contribution in [0.15, 0.2) is 45.3 Å². The van der Waals surface area contributed by atoms with Crippen LogP contribution in [0.5, 0.6) is 11.5 Å². The predicted molar refractivity (Wildman–Crippen MR) is 105 cm³/mol. The largest absolute Gasteiger partial charge is 0.506 e. The minimum atomic E-state index is -1.08. The van der Waals surface area contributed by atoms with Crippen LogP contribution in [0, 0.1) is 5.92 Å². The summed E-state index contributed by atoms with van der Waals surface area (Å²) in [6.07, 6.45) is 0.0715. The first-order valence-corrected chi connectivity index (χ1v) is 9.40. The van der Waals surface area contributed by atoms with E-state index in [9.17, 15) is 19.5 Å². The molecule has 0 saturated carbocycles. The van der Waals surface area contributed by atoms with E-state index in [-0.39, 0.29) is 12.2 Å². The van der Waals surface area contributed by atoms with Crippen molar-refractivity contribution in [3.8, 4) is 11.5 Å². The number of benzene rings is 2. The van der Waals surface area contributed by atoms with Gasteiger partial charge >= 0.3 is 6.03 Å². The van der Waals surface area contributed by atoms with Crippen molar-refractivity contribution in [3.05, 3.63) is 50.9 Å². The third-order valence-electron chi connectivity index (χ3n) is 4.12. The number of rotatable bonds is 4. The van der Waals surface area contributed by atoms with E-state index >= 15 is 0 Å². The molecule has 2 aromatic carbocycles. The SMILES string of the molecule is COc1ccc(N2C(=O)NC(=O)C(Cc3cc(Br)c(O)c(Br)c3)C2=O)cc1. The zero-order valence-corrected chi connectivity index (χ0v) is 17.2. The normalized spacial score (nSPS) is 17.1. The maximum absolute atomic E-state index is 12.9. The summed E-state index contributed by atoms with van der Waals surface area (Å²) in [5.41, 5.74) is 0.980. The zero-order valence-electron chi connectivity index (χ0n) is 14.0. The van der Waals surface area contributed by atoms with Crippen LogP contribution in [0.2, 0.25) is 0 Å². The molecular weight excluding hydrogens is 484 g/mol. The van der Waals surface area contributed by atoms with Crippen molar-refractivity contribution in [2.45, 2.75) is 6.42 Å². The van der Waals surface area contributed by atoms with E-state index in [0.29, 0.717) is 25.9 Å². The monoisotopic (exact) mass is 496 g/mol. The van der Waals surface area contributed by atoms with E-state index in [1.807, 2.05) is 0 Å². The fourth-order valence-corrected chi connectivity index (χ4v) is 4.03. The molecule has 4 amide bonds. The van der Waals surface area contributed by atoms with Gasteiger partial charge < -0.3 is 9.84 Å². The van der Waals surface area contributed by atoms with E-state index in [1.54, 1.807) is 36.4 Å². The first-order valence-electron chi connectivity index (χ1n) is 7.81. The van der Waals surface area contributed by atoms with E-state index in [1.165, 1.54) is 7.11 Å². The number of phenolic OH excluding ortho intramolecular Hbond substituents is 1. The van der Waals surface area contributed by atoms with Crippen molar-refractivity contribution in [2.75, 3.05) is 12.0 Å². The van der Waals surface area contributed by atoms with E-state index in [4.69, 9.17) is 4.74 Å². The predicted octanol–water partition coefficient (Wildman–Crippen LogP) is 3.37. The lowest BCUT2D eigenvalue weighted by atomic mass is 9.95. The second-order valence-electron chi connectivity index (χ2n) is 5.83. The second kappa shape index (κ2) is 7.69. The lowest BCUT2D eigenvalue weighted by Crippen LogP contribution is -2.58. The highest BCUT2D eigenvalue weighted by Gasteiger charge is 2.41.